The van der Waals surface area contributed by atoms with Gasteiger partial charge >= 0.3 is 0 Å². The summed E-state index contributed by atoms with van der Waals surface area (Å²) in [6.45, 7) is 8.14. The number of hydrogen-bond donors (Lipinski definition) is 1. The fourth-order valence-corrected chi connectivity index (χ4v) is 2.75. The van der Waals surface area contributed by atoms with Crippen LogP contribution in [-0.4, -0.2) is 29.5 Å². The molecular formula is C16H24O4. The Morgan fingerprint density at radius 1 is 1.30 bits per heavy atom. The molecule has 20 heavy (non-hydrogen) atoms. The molecule has 1 aliphatic heterocycles. The van der Waals surface area contributed by atoms with E-state index in [1.54, 1.807) is 7.11 Å². The van der Waals surface area contributed by atoms with E-state index in [0.29, 0.717) is 11.5 Å². The highest BCUT2D eigenvalue weighted by Crippen LogP contribution is 2.40. The number of benzene rings is 1. The fraction of sp³-hybridized carbons (Fsp3) is 0.625. The first kappa shape index (κ1) is 15.1. The van der Waals surface area contributed by atoms with Crippen LogP contribution in [0.3, 0.4) is 0 Å². The molecule has 1 aromatic rings. The molecule has 1 unspecified atom stereocenters. The van der Waals surface area contributed by atoms with Gasteiger partial charge in [-0.25, -0.2) is 0 Å². The van der Waals surface area contributed by atoms with Gasteiger partial charge in [-0.1, -0.05) is 0 Å². The van der Waals surface area contributed by atoms with E-state index in [-0.39, 0.29) is 23.9 Å². The quantitative estimate of drug-likeness (QED) is 0.921. The summed E-state index contributed by atoms with van der Waals surface area (Å²) < 4.78 is 17.4. The van der Waals surface area contributed by atoms with Crippen molar-refractivity contribution in [1.29, 1.82) is 0 Å². The molecule has 2 rings (SSSR count). The van der Waals surface area contributed by atoms with Crippen molar-refractivity contribution < 1.29 is 19.3 Å². The largest absolute Gasteiger partial charge is 0.497 e. The Morgan fingerprint density at radius 3 is 2.50 bits per heavy atom. The zero-order valence-corrected chi connectivity index (χ0v) is 12.9. The first-order chi connectivity index (χ1) is 9.27. The summed E-state index contributed by atoms with van der Waals surface area (Å²) in [6.07, 6.45) is 0.747. The molecule has 0 spiro atoms. The third kappa shape index (κ3) is 3.07. The molecule has 1 aromatic carbocycles. The van der Waals surface area contributed by atoms with Crippen LogP contribution in [0.5, 0.6) is 11.5 Å². The highest BCUT2D eigenvalue weighted by molar-refractivity contribution is 5.40. The van der Waals surface area contributed by atoms with Crippen molar-refractivity contribution in [3.8, 4) is 11.5 Å². The maximum Gasteiger partial charge on any atom is 0.130 e. The molecule has 0 aromatic heterocycles. The number of aliphatic hydroxyl groups excluding tert-OH is 1. The monoisotopic (exact) mass is 280 g/mol. The van der Waals surface area contributed by atoms with Gasteiger partial charge in [0, 0.05) is 18.1 Å². The predicted molar refractivity (Wildman–Crippen MR) is 77.2 cm³/mol. The molecule has 1 heterocycles. The molecule has 0 bridgehead atoms. The standard InChI is InChI=1S/C16H24O4/c1-15(2)9-14(16(3,4)20-15)19-13-8-12(18-5)7-6-11(13)10-17/h6-8,14,17H,9-10H2,1-5H3. The molecule has 1 fully saturated rings. The molecule has 0 saturated carbocycles. The second-order valence-electron chi connectivity index (χ2n) is 6.41. The lowest BCUT2D eigenvalue weighted by Gasteiger charge is -2.28. The van der Waals surface area contributed by atoms with Crippen LogP contribution in [0, 0.1) is 0 Å². The Labute approximate surface area is 120 Å². The molecule has 1 N–H and O–H groups in total. The van der Waals surface area contributed by atoms with Crippen molar-refractivity contribution >= 4 is 0 Å². The Bertz CT molecular complexity index is 479. The highest BCUT2D eigenvalue weighted by Gasteiger charge is 2.47. The second kappa shape index (κ2) is 5.26. The van der Waals surface area contributed by atoms with Gasteiger partial charge in [0.15, 0.2) is 0 Å². The van der Waals surface area contributed by atoms with E-state index in [4.69, 9.17) is 14.2 Å². The predicted octanol–water partition coefficient (Wildman–Crippen LogP) is 2.91. The highest BCUT2D eigenvalue weighted by atomic mass is 16.6. The van der Waals surface area contributed by atoms with Gasteiger partial charge in [-0.2, -0.15) is 0 Å². The van der Waals surface area contributed by atoms with Crippen LogP contribution in [0.4, 0.5) is 0 Å². The maximum absolute atomic E-state index is 9.44. The number of methoxy groups -OCH3 is 1. The van der Waals surface area contributed by atoms with Gasteiger partial charge in [0.2, 0.25) is 0 Å². The summed E-state index contributed by atoms with van der Waals surface area (Å²) in [5.41, 5.74) is 0.192. The third-order valence-corrected chi connectivity index (χ3v) is 3.71. The van der Waals surface area contributed by atoms with Gasteiger partial charge in [-0.15, -0.1) is 0 Å². The molecule has 1 atom stereocenters. The van der Waals surface area contributed by atoms with Gasteiger partial charge in [-0.3, -0.25) is 0 Å². The Morgan fingerprint density at radius 2 is 2.00 bits per heavy atom. The summed E-state index contributed by atoms with van der Waals surface area (Å²) in [5, 5.41) is 9.44. The lowest BCUT2D eigenvalue weighted by atomic mass is 9.97. The van der Waals surface area contributed by atoms with Crippen molar-refractivity contribution in [2.24, 2.45) is 0 Å². The average Bonchev–Trinajstić information content (AvgIpc) is 2.57. The van der Waals surface area contributed by atoms with Gasteiger partial charge < -0.3 is 19.3 Å². The van der Waals surface area contributed by atoms with Crippen LogP contribution in [-0.2, 0) is 11.3 Å². The maximum atomic E-state index is 9.44. The van der Waals surface area contributed by atoms with Gasteiger partial charge in [0.25, 0.3) is 0 Å². The first-order valence-corrected chi connectivity index (χ1v) is 6.92. The van der Waals surface area contributed by atoms with Crippen LogP contribution in [0.2, 0.25) is 0 Å². The topological polar surface area (TPSA) is 47.9 Å². The van der Waals surface area contributed by atoms with Crippen LogP contribution in [0.15, 0.2) is 18.2 Å². The van der Waals surface area contributed by atoms with E-state index >= 15 is 0 Å². The number of ether oxygens (including phenoxy) is 3. The smallest absolute Gasteiger partial charge is 0.130 e. The Hall–Kier alpha value is -1.26. The summed E-state index contributed by atoms with van der Waals surface area (Å²) in [5.74, 6) is 1.37. The van der Waals surface area contributed by atoms with Crippen molar-refractivity contribution in [3.05, 3.63) is 23.8 Å². The lowest BCUT2D eigenvalue weighted by molar-refractivity contribution is -0.0847. The zero-order chi connectivity index (χ0) is 15.0. The van der Waals surface area contributed by atoms with Crippen LogP contribution in [0.1, 0.15) is 39.7 Å². The molecule has 0 radical (unpaired) electrons. The number of hydrogen-bond acceptors (Lipinski definition) is 4. The molecule has 1 saturated heterocycles. The van der Waals surface area contributed by atoms with E-state index in [1.165, 1.54) is 0 Å². The first-order valence-electron chi connectivity index (χ1n) is 6.92. The molecule has 4 heteroatoms. The zero-order valence-electron chi connectivity index (χ0n) is 12.9. The SMILES string of the molecule is COc1ccc(CO)c(OC2CC(C)(C)OC2(C)C)c1. The van der Waals surface area contributed by atoms with Gasteiger partial charge in [0.05, 0.1) is 19.3 Å². The average molecular weight is 280 g/mol. The van der Waals surface area contributed by atoms with Crippen molar-refractivity contribution in [1.82, 2.24) is 0 Å². The van der Waals surface area contributed by atoms with E-state index in [1.807, 2.05) is 32.0 Å². The van der Waals surface area contributed by atoms with Gasteiger partial charge in [-0.05, 0) is 39.8 Å². The van der Waals surface area contributed by atoms with E-state index in [9.17, 15) is 5.11 Å². The van der Waals surface area contributed by atoms with Crippen molar-refractivity contribution in [3.63, 3.8) is 0 Å². The minimum Gasteiger partial charge on any atom is -0.497 e. The molecule has 1 aliphatic rings. The Kier molecular flexibility index (Phi) is 3.98. The van der Waals surface area contributed by atoms with Crippen LogP contribution >= 0.6 is 0 Å². The van der Waals surface area contributed by atoms with Crippen LogP contribution in [0.25, 0.3) is 0 Å². The second-order valence-corrected chi connectivity index (χ2v) is 6.41. The summed E-state index contributed by atoms with van der Waals surface area (Å²) >= 11 is 0. The van der Waals surface area contributed by atoms with Gasteiger partial charge in [0.1, 0.15) is 23.2 Å². The van der Waals surface area contributed by atoms with Crippen molar-refractivity contribution in [2.75, 3.05) is 7.11 Å². The summed E-state index contributed by atoms with van der Waals surface area (Å²) in [7, 11) is 1.61. The summed E-state index contributed by atoms with van der Waals surface area (Å²) in [6, 6.07) is 5.45. The molecule has 0 aliphatic carbocycles. The minimum atomic E-state index is -0.362. The molecule has 112 valence electrons. The van der Waals surface area contributed by atoms with Crippen molar-refractivity contribution in [2.45, 2.75) is 58.0 Å². The number of aliphatic hydroxyl groups is 1. The Balaban J connectivity index is 2.25. The van der Waals surface area contributed by atoms with E-state index in [0.717, 1.165) is 12.0 Å². The molecular weight excluding hydrogens is 256 g/mol. The summed E-state index contributed by atoms with van der Waals surface area (Å²) in [4.78, 5) is 0. The molecule has 4 nitrogen and oxygen atoms in total. The number of rotatable bonds is 4. The van der Waals surface area contributed by atoms with Crippen LogP contribution < -0.4 is 9.47 Å². The molecule has 0 amide bonds. The fourth-order valence-electron chi connectivity index (χ4n) is 2.75. The third-order valence-electron chi connectivity index (χ3n) is 3.71. The lowest BCUT2D eigenvalue weighted by Crippen LogP contribution is -2.36. The minimum absolute atomic E-state index is 0.0588. The normalized spacial score (nSPS) is 23.6. The van der Waals surface area contributed by atoms with E-state index in [2.05, 4.69) is 13.8 Å². The van der Waals surface area contributed by atoms with E-state index < -0.39 is 0 Å².